The fraction of sp³-hybridized carbons (Fsp3) is 0.429. The second-order valence-electron chi connectivity index (χ2n) is 4.74. The van der Waals surface area contributed by atoms with Crippen LogP contribution < -0.4 is 10.1 Å². The zero-order valence-electron chi connectivity index (χ0n) is 11.2. The Morgan fingerprint density at radius 1 is 1.45 bits per heavy atom. The van der Waals surface area contributed by atoms with Crippen LogP contribution in [0.2, 0.25) is 0 Å². The molecule has 1 aromatic rings. The molecule has 0 aliphatic heterocycles. The Bertz CT molecular complexity index is 500. The van der Waals surface area contributed by atoms with E-state index in [0.29, 0.717) is 18.6 Å². The molecule has 0 atom stereocenters. The quantitative estimate of drug-likeness (QED) is 0.782. The zero-order valence-corrected chi connectivity index (χ0v) is 12.0. The van der Waals surface area contributed by atoms with Crippen molar-refractivity contribution in [3.63, 3.8) is 0 Å². The number of rotatable bonds is 6. The maximum Gasteiger partial charge on any atom is 0.306 e. The number of nitrogens with one attached hydrogen (secondary N) is 1. The summed E-state index contributed by atoms with van der Waals surface area (Å²) in [4.78, 5) is 23.4. The van der Waals surface area contributed by atoms with Crippen LogP contribution in [0.4, 0.5) is 0 Å². The molecular formula is C14H17NO4S. The van der Waals surface area contributed by atoms with Crippen LogP contribution in [0.1, 0.15) is 12.8 Å². The highest BCUT2D eigenvalue weighted by Crippen LogP contribution is 2.28. The molecular weight excluding hydrogens is 278 g/mol. The molecule has 0 radical (unpaired) electrons. The second kappa shape index (κ2) is 6.65. The smallest absolute Gasteiger partial charge is 0.306 e. The van der Waals surface area contributed by atoms with Crippen molar-refractivity contribution >= 4 is 23.6 Å². The van der Waals surface area contributed by atoms with Crippen LogP contribution in [0.25, 0.3) is 0 Å². The van der Waals surface area contributed by atoms with E-state index in [1.807, 2.05) is 24.3 Å². The molecule has 0 aromatic heterocycles. The standard InChI is InChI=1S/C14H17NO4S/c1-19-11-3-2-4-12(7-11)20-8-13(16)15-10-5-9(6-10)14(17)18/h2-4,7,9-10H,5-6,8H2,1H3,(H,15,16)(H,17,18). The molecule has 0 saturated heterocycles. The number of thioether (sulfide) groups is 1. The van der Waals surface area contributed by atoms with Gasteiger partial charge in [0.15, 0.2) is 0 Å². The van der Waals surface area contributed by atoms with Crippen molar-refractivity contribution < 1.29 is 19.4 Å². The van der Waals surface area contributed by atoms with E-state index in [9.17, 15) is 9.59 Å². The van der Waals surface area contributed by atoms with Gasteiger partial charge < -0.3 is 15.2 Å². The maximum absolute atomic E-state index is 11.7. The summed E-state index contributed by atoms with van der Waals surface area (Å²) in [5.74, 6) is -0.0561. The van der Waals surface area contributed by atoms with Gasteiger partial charge in [-0.05, 0) is 31.0 Å². The number of carbonyl (C=O) groups is 2. The number of ether oxygens (including phenoxy) is 1. The minimum Gasteiger partial charge on any atom is -0.497 e. The third kappa shape index (κ3) is 3.90. The third-order valence-electron chi connectivity index (χ3n) is 3.26. The Balaban J connectivity index is 1.71. The van der Waals surface area contributed by atoms with Crippen LogP contribution in [-0.2, 0) is 9.59 Å². The van der Waals surface area contributed by atoms with Gasteiger partial charge >= 0.3 is 5.97 Å². The lowest BCUT2D eigenvalue weighted by Crippen LogP contribution is -2.47. The first-order chi connectivity index (χ1) is 9.58. The van der Waals surface area contributed by atoms with Gasteiger partial charge in [0.1, 0.15) is 5.75 Å². The molecule has 1 aromatic carbocycles. The largest absolute Gasteiger partial charge is 0.497 e. The van der Waals surface area contributed by atoms with Gasteiger partial charge in [-0.15, -0.1) is 11.8 Å². The van der Waals surface area contributed by atoms with Gasteiger partial charge in [0.05, 0.1) is 18.8 Å². The number of benzene rings is 1. The molecule has 0 bridgehead atoms. The van der Waals surface area contributed by atoms with E-state index < -0.39 is 5.97 Å². The summed E-state index contributed by atoms with van der Waals surface area (Å²) in [6.07, 6.45) is 1.07. The molecule has 2 rings (SSSR count). The van der Waals surface area contributed by atoms with E-state index in [0.717, 1.165) is 10.6 Å². The van der Waals surface area contributed by atoms with Gasteiger partial charge in [-0.2, -0.15) is 0 Å². The number of carbonyl (C=O) groups excluding carboxylic acids is 1. The summed E-state index contributed by atoms with van der Waals surface area (Å²) in [5, 5.41) is 11.6. The lowest BCUT2D eigenvalue weighted by molar-refractivity contribution is -0.146. The number of amides is 1. The van der Waals surface area contributed by atoms with Gasteiger partial charge in [0.2, 0.25) is 5.91 Å². The average molecular weight is 295 g/mol. The summed E-state index contributed by atoms with van der Waals surface area (Å²) in [6.45, 7) is 0. The van der Waals surface area contributed by atoms with Crippen LogP contribution in [0, 0.1) is 5.92 Å². The predicted molar refractivity (Wildman–Crippen MR) is 76.0 cm³/mol. The van der Waals surface area contributed by atoms with Crippen molar-refractivity contribution in [2.24, 2.45) is 5.92 Å². The lowest BCUT2D eigenvalue weighted by atomic mass is 9.80. The number of carboxylic acid groups (broad SMARTS) is 1. The number of hydrogen-bond acceptors (Lipinski definition) is 4. The summed E-state index contributed by atoms with van der Waals surface area (Å²) in [5.41, 5.74) is 0. The monoisotopic (exact) mass is 295 g/mol. The number of hydrogen-bond donors (Lipinski definition) is 2. The number of methoxy groups -OCH3 is 1. The van der Waals surface area contributed by atoms with E-state index in [2.05, 4.69) is 5.32 Å². The minimum absolute atomic E-state index is 0.00881. The Labute approximate surface area is 121 Å². The van der Waals surface area contributed by atoms with Gasteiger partial charge in [-0.3, -0.25) is 9.59 Å². The molecule has 108 valence electrons. The van der Waals surface area contributed by atoms with E-state index in [1.54, 1.807) is 7.11 Å². The van der Waals surface area contributed by atoms with Crippen LogP contribution in [-0.4, -0.2) is 35.9 Å². The van der Waals surface area contributed by atoms with Gasteiger partial charge in [-0.1, -0.05) is 6.07 Å². The molecule has 1 fully saturated rings. The fourth-order valence-corrected chi connectivity index (χ4v) is 2.80. The van der Waals surface area contributed by atoms with Crippen LogP contribution in [0.15, 0.2) is 29.2 Å². The summed E-state index contributed by atoms with van der Waals surface area (Å²) >= 11 is 1.43. The molecule has 5 nitrogen and oxygen atoms in total. The SMILES string of the molecule is COc1cccc(SCC(=O)NC2CC(C(=O)O)C2)c1. The molecule has 6 heteroatoms. The Hall–Kier alpha value is -1.69. The molecule has 1 saturated carbocycles. The molecule has 1 aliphatic carbocycles. The highest BCUT2D eigenvalue weighted by Gasteiger charge is 2.35. The zero-order chi connectivity index (χ0) is 14.5. The molecule has 2 N–H and O–H groups in total. The van der Waals surface area contributed by atoms with Gasteiger partial charge in [0, 0.05) is 10.9 Å². The van der Waals surface area contributed by atoms with E-state index in [4.69, 9.17) is 9.84 Å². The van der Waals surface area contributed by atoms with Crippen LogP contribution in [0.5, 0.6) is 5.75 Å². The summed E-state index contributed by atoms with van der Waals surface area (Å²) in [7, 11) is 1.60. The topological polar surface area (TPSA) is 75.6 Å². The summed E-state index contributed by atoms with van der Waals surface area (Å²) < 4.78 is 5.12. The predicted octanol–water partition coefficient (Wildman–Crippen LogP) is 1.77. The molecule has 0 unspecified atom stereocenters. The molecule has 0 heterocycles. The van der Waals surface area contributed by atoms with Crippen molar-refractivity contribution in [3.05, 3.63) is 24.3 Å². The van der Waals surface area contributed by atoms with Crippen LogP contribution in [0.3, 0.4) is 0 Å². The normalized spacial score (nSPS) is 20.9. The Morgan fingerprint density at radius 3 is 2.85 bits per heavy atom. The van der Waals surface area contributed by atoms with Crippen molar-refractivity contribution in [2.45, 2.75) is 23.8 Å². The second-order valence-corrected chi connectivity index (χ2v) is 5.79. The highest BCUT2D eigenvalue weighted by molar-refractivity contribution is 8.00. The fourth-order valence-electron chi connectivity index (χ4n) is 2.05. The first kappa shape index (κ1) is 14.7. The molecule has 0 spiro atoms. The summed E-state index contributed by atoms with van der Waals surface area (Å²) in [6, 6.07) is 7.54. The first-order valence-electron chi connectivity index (χ1n) is 6.37. The third-order valence-corrected chi connectivity index (χ3v) is 4.26. The van der Waals surface area contributed by atoms with Crippen molar-refractivity contribution in [2.75, 3.05) is 12.9 Å². The minimum atomic E-state index is -0.777. The maximum atomic E-state index is 11.7. The van der Waals surface area contributed by atoms with E-state index in [1.165, 1.54) is 11.8 Å². The van der Waals surface area contributed by atoms with Crippen molar-refractivity contribution in [1.29, 1.82) is 0 Å². The van der Waals surface area contributed by atoms with Crippen molar-refractivity contribution in [3.8, 4) is 5.75 Å². The highest BCUT2D eigenvalue weighted by atomic mass is 32.2. The Kier molecular flexibility index (Phi) is 4.89. The van der Waals surface area contributed by atoms with E-state index in [-0.39, 0.29) is 17.9 Å². The average Bonchev–Trinajstić information content (AvgIpc) is 2.40. The first-order valence-corrected chi connectivity index (χ1v) is 7.36. The van der Waals surface area contributed by atoms with E-state index >= 15 is 0 Å². The number of aliphatic carboxylic acids is 1. The lowest BCUT2D eigenvalue weighted by Gasteiger charge is -2.32. The number of carboxylic acids is 1. The van der Waals surface area contributed by atoms with Gasteiger partial charge in [-0.25, -0.2) is 0 Å². The molecule has 1 amide bonds. The molecule has 1 aliphatic rings. The van der Waals surface area contributed by atoms with Crippen molar-refractivity contribution in [1.82, 2.24) is 5.32 Å². The Morgan fingerprint density at radius 2 is 2.20 bits per heavy atom. The molecule has 20 heavy (non-hydrogen) atoms. The van der Waals surface area contributed by atoms with Crippen LogP contribution >= 0.6 is 11.8 Å². The van der Waals surface area contributed by atoms with Gasteiger partial charge in [0.25, 0.3) is 0 Å².